The van der Waals surface area contributed by atoms with E-state index in [0.29, 0.717) is 11.4 Å². The molecule has 0 aromatic carbocycles. The Bertz CT molecular complexity index is 421. The number of aryl methyl sites for hydroxylation is 1. The second-order valence-corrected chi connectivity index (χ2v) is 5.20. The fourth-order valence-corrected chi connectivity index (χ4v) is 2.36. The number of hydrogen-bond donors (Lipinski definition) is 2. The van der Waals surface area contributed by atoms with Crippen LogP contribution < -0.4 is 5.73 Å². The van der Waals surface area contributed by atoms with Gasteiger partial charge in [-0.15, -0.1) is 0 Å². The first-order chi connectivity index (χ1) is 6.41. The normalized spacial score (nSPS) is 12.4. The van der Waals surface area contributed by atoms with Crippen LogP contribution in [0.2, 0.25) is 0 Å². The van der Waals surface area contributed by atoms with Gasteiger partial charge in [-0.25, -0.2) is 12.7 Å². The highest BCUT2D eigenvalue weighted by atomic mass is 32.2. The Morgan fingerprint density at radius 1 is 1.50 bits per heavy atom. The number of aromatic amines is 1. The first-order valence-corrected chi connectivity index (χ1v) is 5.51. The van der Waals surface area contributed by atoms with Gasteiger partial charge in [-0.2, -0.15) is 5.10 Å². The molecule has 0 fully saturated rings. The van der Waals surface area contributed by atoms with E-state index in [9.17, 15) is 8.42 Å². The highest BCUT2D eigenvalue weighted by molar-refractivity contribution is 7.89. The molecule has 0 saturated heterocycles. The Morgan fingerprint density at radius 3 is 2.50 bits per heavy atom. The van der Waals surface area contributed by atoms with Crippen LogP contribution in [0.4, 0.5) is 0 Å². The fourth-order valence-electron chi connectivity index (χ4n) is 1.13. The van der Waals surface area contributed by atoms with Crippen molar-refractivity contribution in [3.8, 4) is 0 Å². The van der Waals surface area contributed by atoms with E-state index in [4.69, 9.17) is 5.73 Å². The highest BCUT2D eigenvalue weighted by Crippen LogP contribution is 2.19. The van der Waals surface area contributed by atoms with E-state index in [2.05, 4.69) is 10.2 Å². The summed E-state index contributed by atoms with van der Waals surface area (Å²) in [5.74, 6) is 0. The minimum Gasteiger partial charge on any atom is -0.325 e. The molecule has 0 aliphatic heterocycles. The number of sulfonamides is 1. The second-order valence-electron chi connectivity index (χ2n) is 3.12. The summed E-state index contributed by atoms with van der Waals surface area (Å²) in [5.41, 5.74) is 6.28. The summed E-state index contributed by atoms with van der Waals surface area (Å²) < 4.78 is 24.8. The molecule has 1 rings (SSSR count). The maximum atomic E-state index is 11.8. The number of hydrogen-bond acceptors (Lipinski definition) is 4. The lowest BCUT2D eigenvalue weighted by atomic mass is 10.4. The summed E-state index contributed by atoms with van der Waals surface area (Å²) >= 11 is 0. The lowest BCUT2D eigenvalue weighted by Gasteiger charge is -2.11. The zero-order valence-corrected chi connectivity index (χ0v) is 9.22. The van der Waals surface area contributed by atoms with Crippen LogP contribution in [0.15, 0.2) is 4.90 Å². The molecule has 0 unspecified atom stereocenters. The predicted molar refractivity (Wildman–Crippen MR) is 52.1 cm³/mol. The van der Waals surface area contributed by atoms with Gasteiger partial charge in [0.2, 0.25) is 10.0 Å². The highest BCUT2D eigenvalue weighted by Gasteiger charge is 2.25. The molecule has 6 nitrogen and oxygen atoms in total. The van der Waals surface area contributed by atoms with Crippen LogP contribution in [-0.2, 0) is 16.6 Å². The lowest BCUT2D eigenvalue weighted by molar-refractivity contribution is 0.519. The maximum absolute atomic E-state index is 11.8. The van der Waals surface area contributed by atoms with Crippen molar-refractivity contribution >= 4 is 10.0 Å². The Hall–Kier alpha value is -0.920. The number of aromatic nitrogens is 2. The van der Waals surface area contributed by atoms with E-state index in [1.165, 1.54) is 14.1 Å². The molecule has 80 valence electrons. The second kappa shape index (κ2) is 3.68. The van der Waals surface area contributed by atoms with Gasteiger partial charge in [-0.1, -0.05) is 0 Å². The molecule has 0 aliphatic carbocycles. The van der Waals surface area contributed by atoms with E-state index in [1.54, 1.807) is 6.92 Å². The molecular formula is C7H14N4O2S. The smallest absolute Gasteiger partial charge is 0.246 e. The predicted octanol–water partition coefficient (Wildman–Crippen LogP) is -0.573. The monoisotopic (exact) mass is 218 g/mol. The molecule has 3 N–H and O–H groups in total. The fraction of sp³-hybridized carbons (Fsp3) is 0.571. The van der Waals surface area contributed by atoms with E-state index >= 15 is 0 Å². The van der Waals surface area contributed by atoms with Crippen molar-refractivity contribution < 1.29 is 8.42 Å². The molecule has 0 aliphatic rings. The Labute approximate surface area is 83.1 Å². The van der Waals surface area contributed by atoms with Crippen LogP contribution >= 0.6 is 0 Å². The van der Waals surface area contributed by atoms with Crippen molar-refractivity contribution in [2.24, 2.45) is 5.73 Å². The molecule has 0 amide bonds. The molecule has 0 bridgehead atoms. The average molecular weight is 218 g/mol. The zero-order valence-electron chi connectivity index (χ0n) is 8.40. The van der Waals surface area contributed by atoms with Crippen LogP contribution in [0.5, 0.6) is 0 Å². The largest absolute Gasteiger partial charge is 0.325 e. The van der Waals surface area contributed by atoms with E-state index < -0.39 is 10.0 Å². The quantitative estimate of drug-likeness (QED) is 0.710. The standard InChI is InChI=1S/C7H14N4O2S/c1-5-7(6(4-8)10-9-5)14(12,13)11(2)3/h4,8H2,1-3H3,(H,9,10). The molecule has 0 spiro atoms. The van der Waals surface area contributed by atoms with Crippen LogP contribution in [0.3, 0.4) is 0 Å². The first kappa shape index (κ1) is 11.2. The van der Waals surface area contributed by atoms with Crippen LogP contribution in [0, 0.1) is 6.92 Å². The van der Waals surface area contributed by atoms with Gasteiger partial charge in [0.15, 0.2) is 0 Å². The molecule has 1 aromatic rings. The Kier molecular flexibility index (Phi) is 2.93. The SMILES string of the molecule is Cc1[nH]nc(CN)c1S(=O)(=O)N(C)C. The van der Waals surface area contributed by atoms with Crippen molar-refractivity contribution in [1.82, 2.24) is 14.5 Å². The van der Waals surface area contributed by atoms with Crippen molar-refractivity contribution in [1.29, 1.82) is 0 Å². The van der Waals surface area contributed by atoms with Crippen LogP contribution in [0.25, 0.3) is 0 Å². The van der Waals surface area contributed by atoms with Gasteiger partial charge in [-0.3, -0.25) is 5.10 Å². The topological polar surface area (TPSA) is 92.1 Å². The molecule has 0 saturated carbocycles. The van der Waals surface area contributed by atoms with Gasteiger partial charge in [0.25, 0.3) is 0 Å². The van der Waals surface area contributed by atoms with Crippen molar-refractivity contribution in [3.05, 3.63) is 11.4 Å². The molecule has 1 heterocycles. The minimum absolute atomic E-state index is 0.104. The molecule has 0 radical (unpaired) electrons. The summed E-state index contributed by atoms with van der Waals surface area (Å²) in [5, 5.41) is 6.44. The molecule has 0 atom stereocenters. The third kappa shape index (κ3) is 1.66. The van der Waals surface area contributed by atoms with E-state index in [1.807, 2.05) is 0 Å². The van der Waals surface area contributed by atoms with E-state index in [0.717, 1.165) is 4.31 Å². The summed E-state index contributed by atoms with van der Waals surface area (Å²) in [4.78, 5) is 0.185. The molecule has 7 heteroatoms. The number of nitrogens with one attached hydrogen (secondary N) is 1. The van der Waals surface area contributed by atoms with Gasteiger partial charge in [0.05, 0.1) is 11.4 Å². The minimum atomic E-state index is -3.45. The Morgan fingerprint density at radius 2 is 2.07 bits per heavy atom. The summed E-state index contributed by atoms with van der Waals surface area (Å²) in [7, 11) is -0.499. The molecule has 14 heavy (non-hydrogen) atoms. The van der Waals surface area contributed by atoms with Gasteiger partial charge < -0.3 is 5.73 Å². The summed E-state index contributed by atoms with van der Waals surface area (Å²) in [6, 6.07) is 0. The summed E-state index contributed by atoms with van der Waals surface area (Å²) in [6.45, 7) is 1.76. The van der Waals surface area contributed by atoms with Gasteiger partial charge in [0.1, 0.15) is 4.90 Å². The third-order valence-electron chi connectivity index (χ3n) is 1.89. The number of nitrogens with two attached hydrogens (primary N) is 1. The number of rotatable bonds is 3. The third-order valence-corrected chi connectivity index (χ3v) is 3.91. The maximum Gasteiger partial charge on any atom is 0.246 e. The number of nitrogens with zero attached hydrogens (tertiary/aromatic N) is 2. The molecular weight excluding hydrogens is 204 g/mol. The lowest BCUT2D eigenvalue weighted by Crippen LogP contribution is -2.24. The molecule has 1 aromatic heterocycles. The average Bonchev–Trinajstić information content (AvgIpc) is 2.46. The van der Waals surface area contributed by atoms with Crippen molar-refractivity contribution in [2.45, 2.75) is 18.4 Å². The van der Waals surface area contributed by atoms with Gasteiger partial charge >= 0.3 is 0 Å². The van der Waals surface area contributed by atoms with Crippen LogP contribution in [0.1, 0.15) is 11.4 Å². The van der Waals surface area contributed by atoms with Crippen molar-refractivity contribution in [3.63, 3.8) is 0 Å². The van der Waals surface area contributed by atoms with Gasteiger partial charge in [0, 0.05) is 20.6 Å². The zero-order chi connectivity index (χ0) is 10.9. The Balaban J connectivity index is 3.38. The van der Waals surface area contributed by atoms with Gasteiger partial charge in [-0.05, 0) is 6.92 Å². The summed E-state index contributed by atoms with van der Waals surface area (Å²) in [6.07, 6.45) is 0. The van der Waals surface area contributed by atoms with E-state index in [-0.39, 0.29) is 11.4 Å². The number of H-pyrrole nitrogens is 1. The van der Waals surface area contributed by atoms with Crippen LogP contribution in [-0.4, -0.2) is 37.0 Å². The van der Waals surface area contributed by atoms with Crippen molar-refractivity contribution in [2.75, 3.05) is 14.1 Å². The first-order valence-electron chi connectivity index (χ1n) is 4.07.